The van der Waals surface area contributed by atoms with Crippen molar-refractivity contribution in [2.45, 2.75) is 151 Å². The van der Waals surface area contributed by atoms with Gasteiger partial charge < -0.3 is 76.9 Å². The molecule has 0 aromatic heterocycles. The Morgan fingerprint density at radius 1 is 0.489 bits per heavy atom. The first kappa shape index (κ1) is 65.6. The van der Waals surface area contributed by atoms with E-state index < -0.39 is 123 Å². The minimum absolute atomic E-state index is 0.0352. The predicted molar refractivity (Wildman–Crippen MR) is 321 cm³/mol. The molecule has 3 N–H and O–H groups in total. The van der Waals surface area contributed by atoms with Crippen molar-refractivity contribution in [3.05, 3.63) is 209 Å². The van der Waals surface area contributed by atoms with Gasteiger partial charge in [-0.05, 0) is 78.4 Å². The largest absolute Gasteiger partial charge is 0.497 e. The summed E-state index contributed by atoms with van der Waals surface area (Å²) in [5, 5.41) is 35.1. The van der Waals surface area contributed by atoms with Crippen molar-refractivity contribution in [2.75, 3.05) is 34.0 Å². The Labute approximate surface area is 522 Å². The predicted octanol–water partition coefficient (Wildman–Crippen LogP) is 7.29. The van der Waals surface area contributed by atoms with E-state index in [1.165, 1.54) is 26.4 Å². The van der Waals surface area contributed by atoms with Crippen molar-refractivity contribution in [2.24, 2.45) is 0 Å². The molecular weight excluding hydrogens is 1160 g/mol. The summed E-state index contributed by atoms with van der Waals surface area (Å²) in [6.07, 6.45) is -17.9. The van der Waals surface area contributed by atoms with E-state index in [0.717, 1.165) is 21.6 Å². The van der Waals surface area contributed by atoms with Gasteiger partial charge in [0, 0.05) is 13.0 Å². The second-order valence-corrected chi connectivity index (χ2v) is 22.3. The number of hydrogen-bond donors (Lipinski definition) is 3. The van der Waals surface area contributed by atoms with E-state index in [4.69, 9.17) is 61.6 Å². The fourth-order valence-electron chi connectivity index (χ4n) is 11.5. The van der Waals surface area contributed by atoms with Gasteiger partial charge >= 0.3 is 11.9 Å². The molecule has 10 rings (SSSR count). The number of unbranched alkanes of at least 4 members (excludes halogenated alkanes) is 2. The Morgan fingerprint density at radius 3 is 1.51 bits per heavy atom. The Kier molecular flexibility index (Phi) is 23.4. The molecular formula is C69H77NO20. The monoisotopic (exact) mass is 1240 g/mol. The second kappa shape index (κ2) is 32.1. The van der Waals surface area contributed by atoms with Crippen LogP contribution in [0.4, 0.5) is 0 Å². The van der Waals surface area contributed by atoms with Crippen LogP contribution in [-0.4, -0.2) is 170 Å². The first-order chi connectivity index (χ1) is 44.0. The van der Waals surface area contributed by atoms with Gasteiger partial charge in [0.25, 0.3) is 11.8 Å². The second-order valence-electron chi connectivity index (χ2n) is 22.3. The highest BCUT2D eigenvalue weighted by atomic mass is 16.8. The van der Waals surface area contributed by atoms with E-state index in [0.29, 0.717) is 30.6 Å². The number of aliphatic hydroxyl groups excluding tert-OH is 3. The van der Waals surface area contributed by atoms with Gasteiger partial charge in [-0.25, -0.2) is 4.79 Å². The number of carbonyl (C=O) groups is 4. The third kappa shape index (κ3) is 16.0. The number of fused-ring (bicyclic) bond motifs is 1. The molecule has 15 atom stereocenters. The first-order valence-electron chi connectivity index (χ1n) is 30.3. The molecule has 3 saturated heterocycles. The number of carbonyl (C=O) groups excluding carboxylic acids is 4. The quantitative estimate of drug-likeness (QED) is 0.0237. The maximum absolute atomic E-state index is 14.8. The summed E-state index contributed by atoms with van der Waals surface area (Å²) < 4.78 is 84.9. The average Bonchev–Trinajstić information content (AvgIpc) is 1.48. The SMILES string of the molecule is COC(=O)CCCCCO[C@@H]1O[C@H](CO)[C@@H](O)[C@H](O[C@@H]2O[C@H](CO)[C@H](O[C@@H]3O[C@@H](C)[C@@H](OCc4ccccc4)[C@@H](OCc4ccccc4)[C@@H]3OCc3ccccc3)[C@H](OCc3ccc(OC)cc3)[C@H]2OC(=O)c2ccccc2)[C@H]1N1C(=O)c2ccccc2C1=O. The van der Waals surface area contributed by atoms with Gasteiger partial charge in [0.15, 0.2) is 25.0 Å². The highest BCUT2D eigenvalue weighted by Gasteiger charge is 2.59. The molecule has 4 aliphatic heterocycles. The average molecular weight is 1240 g/mol. The van der Waals surface area contributed by atoms with E-state index in [2.05, 4.69) is 0 Å². The van der Waals surface area contributed by atoms with Gasteiger partial charge in [-0.15, -0.1) is 0 Å². The van der Waals surface area contributed by atoms with Crippen molar-refractivity contribution in [3.63, 3.8) is 0 Å². The maximum Gasteiger partial charge on any atom is 0.338 e. The van der Waals surface area contributed by atoms with E-state index in [1.54, 1.807) is 66.7 Å². The van der Waals surface area contributed by atoms with E-state index >= 15 is 0 Å². The molecule has 90 heavy (non-hydrogen) atoms. The van der Waals surface area contributed by atoms with Crippen LogP contribution in [0.1, 0.15) is 85.9 Å². The first-order valence-corrected chi connectivity index (χ1v) is 30.3. The van der Waals surface area contributed by atoms with Crippen LogP contribution >= 0.6 is 0 Å². The molecule has 0 bridgehead atoms. The maximum atomic E-state index is 14.8. The van der Waals surface area contributed by atoms with Gasteiger partial charge in [0.1, 0.15) is 66.7 Å². The van der Waals surface area contributed by atoms with Gasteiger partial charge in [-0.3, -0.25) is 19.3 Å². The molecule has 3 fully saturated rings. The summed E-state index contributed by atoms with van der Waals surface area (Å²) in [5.74, 6) is -2.21. The topological polar surface area (TPSA) is 252 Å². The number of aliphatic hydroxyl groups is 3. The van der Waals surface area contributed by atoms with Crippen LogP contribution < -0.4 is 4.74 Å². The zero-order chi connectivity index (χ0) is 62.9. The van der Waals surface area contributed by atoms with Crippen LogP contribution in [0, 0.1) is 0 Å². The zero-order valence-corrected chi connectivity index (χ0v) is 50.3. The molecule has 2 amide bonds. The molecule has 6 aromatic carbocycles. The lowest BCUT2D eigenvalue weighted by molar-refractivity contribution is -0.381. The normalized spacial score (nSPS) is 27.4. The van der Waals surface area contributed by atoms with E-state index in [-0.39, 0.29) is 62.1 Å². The molecule has 0 aliphatic carbocycles. The molecule has 21 heteroatoms. The van der Waals surface area contributed by atoms with Crippen molar-refractivity contribution >= 4 is 23.8 Å². The summed E-state index contributed by atoms with van der Waals surface area (Å²) in [6, 6.07) is 48.5. The van der Waals surface area contributed by atoms with Crippen molar-refractivity contribution < 1.29 is 96.1 Å². The van der Waals surface area contributed by atoms with Crippen molar-refractivity contribution in [1.82, 2.24) is 4.90 Å². The number of methoxy groups -OCH3 is 2. The van der Waals surface area contributed by atoms with Crippen LogP contribution in [-0.2, 0) is 88.1 Å². The number of esters is 2. The minimum Gasteiger partial charge on any atom is -0.497 e. The molecule has 0 spiro atoms. The molecule has 0 radical (unpaired) electrons. The minimum atomic E-state index is -1.85. The number of rotatable bonds is 29. The molecule has 0 unspecified atom stereocenters. The van der Waals surface area contributed by atoms with Gasteiger partial charge in [-0.1, -0.05) is 140 Å². The third-order valence-corrected chi connectivity index (χ3v) is 16.3. The van der Waals surface area contributed by atoms with Gasteiger partial charge in [0.2, 0.25) is 0 Å². The molecule has 21 nitrogen and oxygen atoms in total. The van der Waals surface area contributed by atoms with E-state index in [9.17, 15) is 34.5 Å². The molecule has 6 aromatic rings. The summed E-state index contributed by atoms with van der Waals surface area (Å²) in [4.78, 5) is 56.9. The van der Waals surface area contributed by atoms with E-state index in [1.807, 2.05) is 97.9 Å². The summed E-state index contributed by atoms with van der Waals surface area (Å²) in [7, 11) is 2.84. The Morgan fingerprint density at radius 2 is 0.967 bits per heavy atom. The fraction of sp³-hybridized carbons (Fsp3) is 0.420. The smallest absolute Gasteiger partial charge is 0.338 e. The van der Waals surface area contributed by atoms with Gasteiger partial charge in [-0.2, -0.15) is 0 Å². The number of nitrogens with zero attached hydrogens (tertiary/aromatic N) is 1. The lowest BCUT2D eigenvalue weighted by atomic mass is 9.93. The van der Waals surface area contributed by atoms with Crippen LogP contribution in [0.25, 0.3) is 0 Å². The van der Waals surface area contributed by atoms with Crippen LogP contribution in [0.15, 0.2) is 170 Å². The number of amides is 2. The van der Waals surface area contributed by atoms with Crippen molar-refractivity contribution in [3.8, 4) is 5.75 Å². The Bertz CT molecular complexity index is 3180. The lowest BCUT2D eigenvalue weighted by Gasteiger charge is -2.51. The summed E-state index contributed by atoms with van der Waals surface area (Å²) >= 11 is 0. The number of benzene rings is 6. The molecule has 478 valence electrons. The standard InChI is InChI=1S/C69H77NO20/c1-43-57(81-39-44-21-9-4-10-22-44)60(82-40-45-23-11-5-12-24-45)62(84-41-46-25-13-6-14-26-46)68(85-43)89-58-53(38-72)87-69(63(88-66(77)48-27-15-7-16-28-48)61(58)83-42-47-32-34-49(78-2)35-33-47)90-59-55(70-64(75)50-29-18-19-30-51(50)65(70)76)67(86-52(37-71)56(59)74)80-36-20-8-17-31-54(73)79-3/h4-7,9-16,18-19,21-30,32-35,43,52-53,55-63,67-69,71-72,74H,8,17,20,31,36-42H2,1-3H3/t43-,52+,53+,55+,56+,57+,58-,59+,60+,61-,62-,63+,67+,68-,69-/m0/s1. The van der Waals surface area contributed by atoms with Crippen LogP contribution in [0.3, 0.4) is 0 Å². The lowest BCUT2D eigenvalue weighted by Crippen LogP contribution is -2.70. The summed E-state index contributed by atoms with van der Waals surface area (Å²) in [5.41, 5.74) is 3.46. The molecule has 4 aliphatic rings. The van der Waals surface area contributed by atoms with Crippen LogP contribution in [0.2, 0.25) is 0 Å². The Hall–Kier alpha value is -7.32. The van der Waals surface area contributed by atoms with Gasteiger partial charge in [0.05, 0.1) is 76.7 Å². The number of imide groups is 1. The number of ether oxygens (including phenoxy) is 13. The molecule has 0 saturated carbocycles. The highest BCUT2D eigenvalue weighted by Crippen LogP contribution is 2.40. The fourth-order valence-corrected chi connectivity index (χ4v) is 11.5. The Balaban J connectivity index is 1.05. The molecule has 4 heterocycles. The summed E-state index contributed by atoms with van der Waals surface area (Å²) in [6.45, 7) is 0.428. The third-order valence-electron chi connectivity index (χ3n) is 16.3. The zero-order valence-electron chi connectivity index (χ0n) is 50.3. The van der Waals surface area contributed by atoms with Crippen LogP contribution in [0.5, 0.6) is 5.75 Å². The van der Waals surface area contributed by atoms with Crippen molar-refractivity contribution in [1.29, 1.82) is 0 Å². The number of hydrogen-bond acceptors (Lipinski definition) is 20. The highest BCUT2D eigenvalue weighted by molar-refractivity contribution is 6.21.